The summed E-state index contributed by atoms with van der Waals surface area (Å²) in [6.45, 7) is 1.69. The minimum absolute atomic E-state index is 0.114. The number of rotatable bonds is 5. The Morgan fingerprint density at radius 3 is 2.81 bits per heavy atom. The Morgan fingerprint density at radius 2 is 2.08 bits per heavy atom. The molecule has 4 rings (SSSR count). The van der Waals surface area contributed by atoms with Crippen molar-refractivity contribution in [2.75, 3.05) is 13.2 Å². The molecule has 2 fully saturated rings. The summed E-state index contributed by atoms with van der Waals surface area (Å²) < 4.78 is 11.0. The molecule has 1 saturated heterocycles. The highest BCUT2D eigenvalue weighted by Gasteiger charge is 2.41. The second-order valence-corrected chi connectivity index (χ2v) is 8.18. The zero-order valence-electron chi connectivity index (χ0n) is 14.9. The van der Waals surface area contributed by atoms with Gasteiger partial charge in [0, 0.05) is 24.0 Å². The van der Waals surface area contributed by atoms with E-state index in [2.05, 4.69) is 33.0 Å². The number of hydrogen-bond acceptors (Lipinski definition) is 6. The molecular formula is C19H25N3O3S. The first kappa shape index (κ1) is 17.7. The molecule has 0 unspecified atom stereocenters. The topological polar surface area (TPSA) is 77.2 Å². The minimum atomic E-state index is -0.235. The Morgan fingerprint density at radius 1 is 1.27 bits per heavy atom. The SMILES string of the molecule is O=C(NCc1nc(C2(c3cccs3)CCOCC2)no1)C1CCCCC1. The molecule has 0 aromatic carbocycles. The summed E-state index contributed by atoms with van der Waals surface area (Å²) in [5.41, 5.74) is -0.235. The van der Waals surface area contributed by atoms with Crippen molar-refractivity contribution in [2.45, 2.75) is 56.9 Å². The third-order valence-electron chi connectivity index (χ3n) is 5.63. The monoisotopic (exact) mass is 375 g/mol. The van der Waals surface area contributed by atoms with Crippen LogP contribution in [0.4, 0.5) is 0 Å². The van der Waals surface area contributed by atoms with Gasteiger partial charge in [-0.3, -0.25) is 4.79 Å². The number of carbonyl (C=O) groups excluding carboxylic acids is 1. The normalized spacial score (nSPS) is 20.8. The maximum Gasteiger partial charge on any atom is 0.246 e. The van der Waals surface area contributed by atoms with E-state index in [1.54, 1.807) is 11.3 Å². The van der Waals surface area contributed by atoms with Crippen LogP contribution in [0.2, 0.25) is 0 Å². The largest absolute Gasteiger partial charge is 0.381 e. The number of thiophene rings is 1. The van der Waals surface area contributed by atoms with Gasteiger partial charge < -0.3 is 14.6 Å². The quantitative estimate of drug-likeness (QED) is 0.866. The fourth-order valence-corrected chi connectivity index (χ4v) is 5.03. The van der Waals surface area contributed by atoms with E-state index < -0.39 is 0 Å². The van der Waals surface area contributed by atoms with E-state index in [0.717, 1.165) is 38.5 Å². The molecule has 1 aliphatic heterocycles. The van der Waals surface area contributed by atoms with E-state index in [0.29, 0.717) is 31.5 Å². The molecule has 1 saturated carbocycles. The Kier molecular flexibility index (Phi) is 5.36. The molecule has 1 N–H and O–H groups in total. The van der Waals surface area contributed by atoms with E-state index in [4.69, 9.17) is 9.26 Å². The Bertz CT molecular complexity index is 716. The van der Waals surface area contributed by atoms with Crippen molar-refractivity contribution in [3.63, 3.8) is 0 Å². The van der Waals surface area contributed by atoms with E-state index in [1.165, 1.54) is 11.3 Å². The molecule has 0 atom stereocenters. The lowest BCUT2D eigenvalue weighted by Crippen LogP contribution is -2.35. The average molecular weight is 375 g/mol. The van der Waals surface area contributed by atoms with Gasteiger partial charge in [0.25, 0.3) is 0 Å². The zero-order valence-corrected chi connectivity index (χ0v) is 15.7. The van der Waals surface area contributed by atoms with E-state index in [1.807, 2.05) is 0 Å². The highest BCUT2D eigenvalue weighted by Crippen LogP contribution is 2.41. The Labute approximate surface area is 157 Å². The van der Waals surface area contributed by atoms with Crippen molar-refractivity contribution in [3.8, 4) is 0 Å². The highest BCUT2D eigenvalue weighted by molar-refractivity contribution is 7.10. The second kappa shape index (κ2) is 7.88. The van der Waals surface area contributed by atoms with Gasteiger partial charge in [0.15, 0.2) is 5.82 Å². The van der Waals surface area contributed by atoms with Crippen LogP contribution in [0.25, 0.3) is 0 Å². The van der Waals surface area contributed by atoms with Crippen LogP contribution in [-0.4, -0.2) is 29.3 Å². The molecule has 7 heteroatoms. The number of aromatic nitrogens is 2. The van der Waals surface area contributed by atoms with Crippen molar-refractivity contribution >= 4 is 17.2 Å². The predicted molar refractivity (Wildman–Crippen MR) is 97.9 cm³/mol. The van der Waals surface area contributed by atoms with Crippen LogP contribution in [0.3, 0.4) is 0 Å². The summed E-state index contributed by atoms with van der Waals surface area (Å²) in [4.78, 5) is 18.2. The molecule has 0 spiro atoms. The van der Waals surface area contributed by atoms with Crippen molar-refractivity contribution < 1.29 is 14.1 Å². The smallest absolute Gasteiger partial charge is 0.246 e. The Balaban J connectivity index is 1.45. The second-order valence-electron chi connectivity index (χ2n) is 7.24. The molecule has 140 valence electrons. The molecular weight excluding hydrogens is 350 g/mol. The average Bonchev–Trinajstić information content (AvgIpc) is 3.40. The standard InChI is InChI=1S/C19H25N3O3S/c23-17(14-5-2-1-3-6-14)20-13-16-21-18(22-25-16)19(8-10-24-11-9-19)15-7-4-12-26-15/h4,7,12,14H,1-3,5-6,8-11,13H2,(H,20,23). The van der Waals surface area contributed by atoms with Crippen LogP contribution in [0.1, 0.15) is 61.5 Å². The van der Waals surface area contributed by atoms with Crippen LogP contribution in [0.5, 0.6) is 0 Å². The minimum Gasteiger partial charge on any atom is -0.381 e. The number of ether oxygens (including phenoxy) is 1. The molecule has 0 bridgehead atoms. The lowest BCUT2D eigenvalue weighted by molar-refractivity contribution is -0.126. The molecule has 2 aromatic rings. The molecule has 0 radical (unpaired) electrons. The van der Waals surface area contributed by atoms with Crippen molar-refractivity contribution in [1.82, 2.24) is 15.5 Å². The van der Waals surface area contributed by atoms with Gasteiger partial charge in [-0.05, 0) is 37.1 Å². The van der Waals surface area contributed by atoms with Gasteiger partial charge in [-0.1, -0.05) is 30.5 Å². The third-order valence-corrected chi connectivity index (χ3v) is 6.70. The van der Waals surface area contributed by atoms with Crippen molar-refractivity contribution in [3.05, 3.63) is 34.1 Å². The van der Waals surface area contributed by atoms with Gasteiger partial charge in [-0.2, -0.15) is 4.98 Å². The molecule has 2 aromatic heterocycles. The number of amides is 1. The van der Waals surface area contributed by atoms with Gasteiger partial charge in [0.2, 0.25) is 11.8 Å². The van der Waals surface area contributed by atoms with Crippen molar-refractivity contribution in [2.24, 2.45) is 5.92 Å². The first-order valence-corrected chi connectivity index (χ1v) is 10.4. The van der Waals surface area contributed by atoms with Gasteiger partial charge >= 0.3 is 0 Å². The van der Waals surface area contributed by atoms with Crippen LogP contribution < -0.4 is 5.32 Å². The van der Waals surface area contributed by atoms with Crippen LogP contribution in [0, 0.1) is 5.92 Å². The Hall–Kier alpha value is -1.73. The van der Waals surface area contributed by atoms with Gasteiger partial charge in [0.05, 0.1) is 12.0 Å². The summed E-state index contributed by atoms with van der Waals surface area (Å²) in [6.07, 6.45) is 7.21. The molecule has 1 amide bonds. The molecule has 26 heavy (non-hydrogen) atoms. The first-order valence-electron chi connectivity index (χ1n) is 9.50. The van der Waals surface area contributed by atoms with E-state index >= 15 is 0 Å². The molecule has 3 heterocycles. The summed E-state index contributed by atoms with van der Waals surface area (Å²) >= 11 is 1.72. The van der Waals surface area contributed by atoms with E-state index in [9.17, 15) is 4.79 Å². The molecule has 2 aliphatic rings. The van der Waals surface area contributed by atoms with Gasteiger partial charge in [-0.15, -0.1) is 11.3 Å². The zero-order chi connectivity index (χ0) is 17.8. The molecule has 1 aliphatic carbocycles. The summed E-state index contributed by atoms with van der Waals surface area (Å²) in [5.74, 6) is 1.44. The lowest BCUT2D eigenvalue weighted by atomic mass is 9.78. The summed E-state index contributed by atoms with van der Waals surface area (Å²) in [6, 6.07) is 4.19. The fourth-order valence-electron chi connectivity index (χ4n) is 4.04. The number of hydrogen-bond donors (Lipinski definition) is 1. The number of nitrogens with zero attached hydrogens (tertiary/aromatic N) is 2. The fraction of sp³-hybridized carbons (Fsp3) is 0.632. The first-order chi connectivity index (χ1) is 12.8. The number of nitrogens with one attached hydrogen (secondary N) is 1. The van der Waals surface area contributed by atoms with Gasteiger partial charge in [-0.25, -0.2) is 0 Å². The third kappa shape index (κ3) is 3.55. The van der Waals surface area contributed by atoms with Crippen LogP contribution in [0.15, 0.2) is 22.0 Å². The number of carbonyl (C=O) groups is 1. The van der Waals surface area contributed by atoms with Gasteiger partial charge in [0.1, 0.15) is 0 Å². The summed E-state index contributed by atoms with van der Waals surface area (Å²) in [7, 11) is 0. The van der Waals surface area contributed by atoms with Crippen molar-refractivity contribution in [1.29, 1.82) is 0 Å². The lowest BCUT2D eigenvalue weighted by Gasteiger charge is -2.33. The van der Waals surface area contributed by atoms with E-state index in [-0.39, 0.29) is 17.2 Å². The summed E-state index contributed by atoms with van der Waals surface area (Å²) in [5, 5.41) is 9.33. The molecule has 6 nitrogen and oxygen atoms in total. The maximum absolute atomic E-state index is 12.3. The van der Waals surface area contributed by atoms with Crippen LogP contribution in [-0.2, 0) is 21.5 Å². The maximum atomic E-state index is 12.3. The predicted octanol–water partition coefficient (Wildman–Crippen LogP) is 3.42. The van der Waals surface area contributed by atoms with Crippen LogP contribution >= 0.6 is 11.3 Å². The highest BCUT2D eigenvalue weighted by atomic mass is 32.1.